The second-order valence-corrected chi connectivity index (χ2v) is 8.04. The molecule has 2 N–H and O–H groups in total. The Hall–Kier alpha value is -0.120. The molecule has 1 heterocycles. The summed E-state index contributed by atoms with van der Waals surface area (Å²) < 4.78 is 0. The summed E-state index contributed by atoms with van der Waals surface area (Å²) in [6.07, 6.45) is 2.43. The van der Waals surface area contributed by atoms with E-state index in [1.165, 1.54) is 25.9 Å². The Bertz CT molecular complexity index is 276. The van der Waals surface area contributed by atoms with E-state index in [2.05, 4.69) is 58.5 Å². The minimum atomic E-state index is 0.196. The summed E-state index contributed by atoms with van der Waals surface area (Å²) >= 11 is 0. The topological polar surface area (TPSA) is 32.5 Å². The first kappa shape index (κ1) is 17.9. The molecule has 0 amide bonds. The van der Waals surface area contributed by atoms with Crippen molar-refractivity contribution in [3.63, 3.8) is 0 Å². The second kappa shape index (κ2) is 7.24. The third-order valence-corrected chi connectivity index (χ3v) is 4.86. The fraction of sp³-hybridized carbons (Fsp3) is 1.00. The van der Waals surface area contributed by atoms with Crippen molar-refractivity contribution < 1.29 is 0 Å². The van der Waals surface area contributed by atoms with Gasteiger partial charge in [0.2, 0.25) is 0 Å². The van der Waals surface area contributed by atoms with E-state index in [4.69, 9.17) is 5.73 Å². The van der Waals surface area contributed by atoms with E-state index < -0.39 is 0 Å². The smallest absolute Gasteiger partial charge is 0.0337 e. The molecule has 120 valence electrons. The van der Waals surface area contributed by atoms with Gasteiger partial charge in [-0.15, -0.1) is 0 Å². The predicted molar refractivity (Wildman–Crippen MR) is 88.9 cm³/mol. The Morgan fingerprint density at radius 3 is 1.90 bits per heavy atom. The van der Waals surface area contributed by atoms with Gasteiger partial charge in [0.25, 0.3) is 0 Å². The lowest BCUT2D eigenvalue weighted by atomic mass is 9.80. The van der Waals surface area contributed by atoms with Crippen LogP contribution in [0.15, 0.2) is 0 Å². The molecule has 3 heteroatoms. The van der Waals surface area contributed by atoms with Crippen LogP contribution in [0.2, 0.25) is 0 Å². The zero-order valence-corrected chi connectivity index (χ0v) is 14.8. The number of likely N-dealkylation sites (N-methyl/N-ethyl adjacent to an activating group) is 1. The van der Waals surface area contributed by atoms with Crippen LogP contribution in [-0.2, 0) is 0 Å². The molecular formula is C17H37N3. The van der Waals surface area contributed by atoms with Crippen LogP contribution in [0.3, 0.4) is 0 Å². The standard InChI is InChI=1S/C17H37N3/c1-13(2)8-17(12-18,9-14(3)4)20-10-15(5)16(11-20)19(6)7/h13-16H,8-12,18H2,1-7H3. The minimum Gasteiger partial charge on any atom is -0.329 e. The maximum absolute atomic E-state index is 6.30. The van der Waals surface area contributed by atoms with E-state index in [1.807, 2.05) is 0 Å². The normalized spacial score (nSPS) is 25.4. The number of rotatable bonds is 7. The lowest BCUT2D eigenvalue weighted by Gasteiger charge is -2.44. The largest absolute Gasteiger partial charge is 0.329 e. The van der Waals surface area contributed by atoms with E-state index in [-0.39, 0.29) is 5.54 Å². The Morgan fingerprint density at radius 1 is 1.10 bits per heavy atom. The number of likely N-dealkylation sites (tertiary alicyclic amines) is 1. The lowest BCUT2D eigenvalue weighted by Crippen LogP contribution is -2.55. The van der Waals surface area contributed by atoms with Crippen molar-refractivity contribution in [1.82, 2.24) is 9.80 Å². The number of nitrogens with two attached hydrogens (primary N) is 1. The Kier molecular flexibility index (Phi) is 6.49. The minimum absolute atomic E-state index is 0.196. The predicted octanol–water partition coefficient (Wildman–Crippen LogP) is 2.66. The molecule has 0 aromatic carbocycles. The molecule has 1 saturated heterocycles. The van der Waals surface area contributed by atoms with Crippen LogP contribution in [0, 0.1) is 17.8 Å². The maximum atomic E-state index is 6.30. The van der Waals surface area contributed by atoms with E-state index in [9.17, 15) is 0 Å². The Labute approximate surface area is 126 Å². The molecule has 1 fully saturated rings. The van der Waals surface area contributed by atoms with Gasteiger partial charge in [0.15, 0.2) is 0 Å². The molecule has 0 saturated carbocycles. The molecule has 0 radical (unpaired) electrons. The summed E-state index contributed by atoms with van der Waals surface area (Å²) in [6.45, 7) is 14.8. The summed E-state index contributed by atoms with van der Waals surface area (Å²) in [5, 5.41) is 0. The zero-order chi connectivity index (χ0) is 15.5. The van der Waals surface area contributed by atoms with Crippen molar-refractivity contribution in [2.24, 2.45) is 23.5 Å². The van der Waals surface area contributed by atoms with E-state index in [0.29, 0.717) is 17.9 Å². The molecule has 1 aliphatic rings. The van der Waals surface area contributed by atoms with Gasteiger partial charge in [0, 0.05) is 31.2 Å². The van der Waals surface area contributed by atoms with E-state index in [1.54, 1.807) is 0 Å². The van der Waals surface area contributed by atoms with Crippen molar-refractivity contribution in [2.75, 3.05) is 33.7 Å². The first-order chi connectivity index (χ1) is 9.21. The fourth-order valence-electron chi connectivity index (χ4n) is 4.17. The van der Waals surface area contributed by atoms with Gasteiger partial charge in [-0.2, -0.15) is 0 Å². The fourth-order valence-corrected chi connectivity index (χ4v) is 4.17. The van der Waals surface area contributed by atoms with Crippen molar-refractivity contribution in [1.29, 1.82) is 0 Å². The van der Waals surface area contributed by atoms with Crippen molar-refractivity contribution >= 4 is 0 Å². The van der Waals surface area contributed by atoms with Gasteiger partial charge in [-0.05, 0) is 44.7 Å². The van der Waals surface area contributed by atoms with Gasteiger partial charge in [0.1, 0.15) is 0 Å². The maximum Gasteiger partial charge on any atom is 0.0337 e. The summed E-state index contributed by atoms with van der Waals surface area (Å²) in [5.41, 5.74) is 6.49. The van der Waals surface area contributed by atoms with Gasteiger partial charge in [-0.25, -0.2) is 0 Å². The van der Waals surface area contributed by atoms with Crippen molar-refractivity contribution in [3.8, 4) is 0 Å². The summed E-state index contributed by atoms with van der Waals surface area (Å²) in [5.74, 6) is 2.13. The molecule has 1 aliphatic heterocycles. The van der Waals surface area contributed by atoms with Crippen LogP contribution >= 0.6 is 0 Å². The van der Waals surface area contributed by atoms with Crippen LogP contribution in [0.4, 0.5) is 0 Å². The van der Waals surface area contributed by atoms with Gasteiger partial charge >= 0.3 is 0 Å². The average Bonchev–Trinajstić information content (AvgIpc) is 2.69. The van der Waals surface area contributed by atoms with E-state index >= 15 is 0 Å². The van der Waals surface area contributed by atoms with Crippen molar-refractivity contribution in [2.45, 2.75) is 59.0 Å². The first-order valence-corrected chi connectivity index (χ1v) is 8.33. The SMILES string of the molecule is CC(C)CC(CN)(CC(C)C)N1CC(C)C(N(C)C)C1. The first-order valence-electron chi connectivity index (χ1n) is 8.33. The highest BCUT2D eigenvalue weighted by atomic mass is 15.3. The van der Waals surface area contributed by atoms with Crippen LogP contribution in [-0.4, -0.2) is 55.1 Å². The van der Waals surface area contributed by atoms with Crippen LogP contribution in [0.1, 0.15) is 47.5 Å². The van der Waals surface area contributed by atoms with Gasteiger partial charge in [-0.1, -0.05) is 34.6 Å². The lowest BCUT2D eigenvalue weighted by molar-refractivity contribution is 0.0688. The van der Waals surface area contributed by atoms with Crippen LogP contribution in [0.5, 0.6) is 0 Å². The molecule has 1 rings (SSSR count). The number of hydrogen-bond donors (Lipinski definition) is 1. The molecular weight excluding hydrogens is 246 g/mol. The number of hydrogen-bond acceptors (Lipinski definition) is 3. The molecule has 20 heavy (non-hydrogen) atoms. The second-order valence-electron chi connectivity index (χ2n) is 8.04. The number of nitrogens with zero attached hydrogens (tertiary/aromatic N) is 2. The molecule has 0 spiro atoms. The average molecular weight is 284 g/mol. The summed E-state index contributed by atoms with van der Waals surface area (Å²) in [6, 6.07) is 0.667. The molecule has 0 aromatic heterocycles. The van der Waals surface area contributed by atoms with E-state index in [0.717, 1.165) is 12.5 Å². The van der Waals surface area contributed by atoms with Crippen molar-refractivity contribution in [3.05, 3.63) is 0 Å². The third-order valence-electron chi connectivity index (χ3n) is 4.86. The highest BCUT2D eigenvalue weighted by Crippen LogP contribution is 2.35. The molecule has 0 bridgehead atoms. The highest BCUT2D eigenvalue weighted by molar-refractivity contribution is 5.00. The molecule has 2 atom stereocenters. The summed E-state index contributed by atoms with van der Waals surface area (Å²) in [4.78, 5) is 5.10. The third kappa shape index (κ3) is 4.19. The Balaban J connectivity index is 2.93. The molecule has 0 aliphatic carbocycles. The monoisotopic (exact) mass is 283 g/mol. The van der Waals surface area contributed by atoms with Gasteiger partial charge in [-0.3, -0.25) is 4.90 Å². The van der Waals surface area contributed by atoms with Gasteiger partial charge < -0.3 is 10.6 Å². The molecule has 0 aromatic rings. The zero-order valence-electron chi connectivity index (χ0n) is 14.8. The van der Waals surface area contributed by atoms with Crippen LogP contribution < -0.4 is 5.73 Å². The Morgan fingerprint density at radius 2 is 1.60 bits per heavy atom. The molecule has 2 unspecified atom stereocenters. The molecule has 3 nitrogen and oxygen atoms in total. The van der Waals surface area contributed by atoms with Gasteiger partial charge in [0.05, 0.1) is 0 Å². The summed E-state index contributed by atoms with van der Waals surface area (Å²) in [7, 11) is 4.42. The highest BCUT2D eigenvalue weighted by Gasteiger charge is 2.43. The quantitative estimate of drug-likeness (QED) is 0.779. The van der Waals surface area contributed by atoms with Crippen LogP contribution in [0.25, 0.3) is 0 Å².